The number of carbonyl (C=O) groups is 2. The molecule has 0 spiro atoms. The van der Waals surface area contributed by atoms with Crippen LogP contribution in [0.1, 0.15) is 12.5 Å². The number of nitrogens with two attached hydrogens (primary N) is 1. The summed E-state index contributed by atoms with van der Waals surface area (Å²) in [6.45, 7) is 9.02. The second-order valence-electron chi connectivity index (χ2n) is 4.85. The number of nitrogen functional groups attached to an aromatic ring is 1. The van der Waals surface area contributed by atoms with Crippen LogP contribution in [0.5, 0.6) is 0 Å². The van der Waals surface area contributed by atoms with Crippen LogP contribution in [-0.4, -0.2) is 34.2 Å². The third-order valence-electron chi connectivity index (χ3n) is 2.85. The van der Waals surface area contributed by atoms with E-state index in [4.69, 9.17) is 15.3 Å². The zero-order chi connectivity index (χ0) is 19.0. The highest BCUT2D eigenvalue weighted by Gasteiger charge is 1.95. The minimum atomic E-state index is 0.817. The Kier molecular flexibility index (Phi) is 14.7. The number of hydrogen-bond donors (Lipinski definition) is 2. The lowest BCUT2D eigenvalue weighted by Crippen LogP contribution is -2.07. The highest BCUT2D eigenvalue weighted by atomic mass is 16.1. The second-order valence-corrected chi connectivity index (χ2v) is 4.85. The van der Waals surface area contributed by atoms with Gasteiger partial charge in [-0.1, -0.05) is 24.3 Å². The molecule has 0 aliphatic heterocycles. The molecule has 0 aromatic heterocycles. The summed E-state index contributed by atoms with van der Waals surface area (Å²) in [6.07, 6.45) is 0. The maximum Gasteiger partial charge on any atom is 0.106 e. The lowest BCUT2D eigenvalue weighted by molar-refractivity contribution is -0.0987. The number of benzene rings is 2. The van der Waals surface area contributed by atoms with Crippen LogP contribution in [-0.2, 0) is 9.59 Å². The molecule has 0 fully saturated rings. The molecule has 2 aromatic carbocycles. The zero-order valence-corrected chi connectivity index (χ0v) is 15.1. The zero-order valence-electron chi connectivity index (χ0n) is 15.1. The van der Waals surface area contributed by atoms with Crippen molar-refractivity contribution in [1.29, 1.82) is 0 Å². The van der Waals surface area contributed by atoms with E-state index in [0.29, 0.717) is 0 Å². The number of rotatable bonds is 3. The molecule has 0 aliphatic rings. The van der Waals surface area contributed by atoms with E-state index in [9.17, 15) is 0 Å². The Balaban J connectivity index is 0. The van der Waals surface area contributed by atoms with Crippen molar-refractivity contribution in [2.45, 2.75) is 13.8 Å². The van der Waals surface area contributed by atoms with Gasteiger partial charge in [0.2, 0.25) is 0 Å². The number of anilines is 3. The first-order chi connectivity index (χ1) is 11.5. The maximum absolute atomic E-state index is 8.00. The summed E-state index contributed by atoms with van der Waals surface area (Å²) in [6, 6.07) is 16.2. The molecule has 0 atom stereocenters. The van der Waals surface area contributed by atoms with Crippen molar-refractivity contribution in [3.8, 4) is 0 Å². The highest BCUT2D eigenvalue weighted by Crippen LogP contribution is 2.18. The fourth-order valence-corrected chi connectivity index (χ4v) is 1.74. The Labute approximate surface area is 145 Å². The smallest absolute Gasteiger partial charge is 0.106 e. The van der Waals surface area contributed by atoms with Crippen LogP contribution in [0.3, 0.4) is 0 Å². The summed E-state index contributed by atoms with van der Waals surface area (Å²) >= 11 is 0. The molecule has 0 heterocycles. The molecule has 3 N–H and O–H groups in total. The molecule has 0 saturated heterocycles. The van der Waals surface area contributed by atoms with Crippen molar-refractivity contribution >= 4 is 30.6 Å². The van der Waals surface area contributed by atoms with Gasteiger partial charge in [0.05, 0.1) is 11.4 Å². The van der Waals surface area contributed by atoms with Crippen LogP contribution >= 0.6 is 0 Å². The first-order valence-corrected chi connectivity index (χ1v) is 7.44. The van der Waals surface area contributed by atoms with Gasteiger partial charge in [-0.05, 0) is 43.7 Å². The third-order valence-corrected chi connectivity index (χ3v) is 2.85. The number of nitrogens with one attached hydrogen (secondary N) is 1. The maximum atomic E-state index is 8.00. The Morgan fingerprint density at radius 2 is 1.54 bits per heavy atom. The number of carbonyl (C=O) groups excluding carboxylic acids is 2. The molecule has 0 aliphatic carbocycles. The number of nitrogens with zero attached hydrogens (tertiary/aromatic N) is 1. The predicted octanol–water partition coefficient (Wildman–Crippen LogP) is 3.39. The second kappa shape index (κ2) is 15.1. The molecule has 0 radical (unpaired) electrons. The van der Waals surface area contributed by atoms with Crippen molar-refractivity contribution in [2.75, 3.05) is 36.6 Å². The van der Waals surface area contributed by atoms with Crippen LogP contribution in [0.15, 0.2) is 48.5 Å². The van der Waals surface area contributed by atoms with Gasteiger partial charge in [0, 0.05) is 26.3 Å². The van der Waals surface area contributed by atoms with E-state index in [0.717, 1.165) is 17.9 Å². The highest BCUT2D eigenvalue weighted by molar-refractivity contribution is 5.66. The monoisotopic (exact) mass is 331 g/mol. The van der Waals surface area contributed by atoms with E-state index >= 15 is 0 Å². The molecule has 5 nitrogen and oxygen atoms in total. The Hall–Kier alpha value is -2.82. The minimum absolute atomic E-state index is 0.817. The summed E-state index contributed by atoms with van der Waals surface area (Å²) in [5, 5.41) is 3.19. The summed E-state index contributed by atoms with van der Waals surface area (Å²) in [5.41, 5.74) is 10.0. The predicted molar refractivity (Wildman–Crippen MR) is 105 cm³/mol. The first-order valence-electron chi connectivity index (χ1n) is 7.44. The SMILES string of the molecule is C=O.C=O.CCNc1cc(C)ccc1N.CN(C)c1ccccc1. The Morgan fingerprint density at radius 1 is 1.00 bits per heavy atom. The minimum Gasteiger partial charge on any atom is -0.397 e. The third kappa shape index (κ3) is 10.00. The van der Waals surface area contributed by atoms with Crippen LogP contribution in [0, 0.1) is 6.92 Å². The molecular formula is C19H29N3O2. The van der Waals surface area contributed by atoms with Crippen molar-refractivity contribution in [3.05, 3.63) is 54.1 Å². The number of para-hydroxylation sites is 1. The fraction of sp³-hybridized carbons (Fsp3) is 0.263. The van der Waals surface area contributed by atoms with Crippen LogP contribution < -0.4 is 16.0 Å². The molecule has 24 heavy (non-hydrogen) atoms. The topological polar surface area (TPSA) is 75.4 Å². The molecule has 132 valence electrons. The quantitative estimate of drug-likeness (QED) is 0.843. The summed E-state index contributed by atoms with van der Waals surface area (Å²) < 4.78 is 0. The normalized spacial score (nSPS) is 8.17. The van der Waals surface area contributed by atoms with Gasteiger partial charge in [-0.3, -0.25) is 0 Å². The number of hydrogen-bond acceptors (Lipinski definition) is 5. The Bertz CT molecular complexity index is 544. The molecule has 0 amide bonds. The van der Waals surface area contributed by atoms with Crippen molar-refractivity contribution in [2.24, 2.45) is 0 Å². The van der Waals surface area contributed by atoms with E-state index in [1.54, 1.807) is 0 Å². The average molecular weight is 331 g/mol. The van der Waals surface area contributed by atoms with Gasteiger partial charge >= 0.3 is 0 Å². The molecule has 0 unspecified atom stereocenters. The van der Waals surface area contributed by atoms with Gasteiger partial charge in [-0.25, -0.2) is 0 Å². The first kappa shape index (κ1) is 23.4. The number of aryl methyl sites for hydroxylation is 1. The van der Waals surface area contributed by atoms with E-state index in [2.05, 4.69) is 42.3 Å². The van der Waals surface area contributed by atoms with Gasteiger partial charge in [-0.15, -0.1) is 0 Å². The van der Waals surface area contributed by atoms with E-state index in [1.165, 1.54) is 11.3 Å². The van der Waals surface area contributed by atoms with Crippen molar-refractivity contribution in [3.63, 3.8) is 0 Å². The van der Waals surface area contributed by atoms with E-state index in [-0.39, 0.29) is 0 Å². The van der Waals surface area contributed by atoms with Gasteiger partial charge < -0.3 is 25.5 Å². The van der Waals surface area contributed by atoms with Gasteiger partial charge in [0.15, 0.2) is 0 Å². The van der Waals surface area contributed by atoms with Crippen LogP contribution in [0.4, 0.5) is 17.1 Å². The van der Waals surface area contributed by atoms with Gasteiger partial charge in [0.25, 0.3) is 0 Å². The fourth-order valence-electron chi connectivity index (χ4n) is 1.74. The molecule has 5 heteroatoms. The lowest BCUT2D eigenvalue weighted by Gasteiger charge is -2.10. The van der Waals surface area contributed by atoms with E-state index < -0.39 is 0 Å². The van der Waals surface area contributed by atoms with Crippen molar-refractivity contribution < 1.29 is 9.59 Å². The summed E-state index contributed by atoms with van der Waals surface area (Å²) in [4.78, 5) is 18.1. The molecule has 0 saturated carbocycles. The Morgan fingerprint density at radius 3 is 1.96 bits per heavy atom. The van der Waals surface area contributed by atoms with Gasteiger partial charge in [-0.2, -0.15) is 0 Å². The standard InChI is InChI=1S/C9H14N2.C8H11N.2CH2O/c1-3-11-9-6-7(2)4-5-8(9)10;1-9(2)8-6-4-3-5-7-8;2*1-2/h4-6,11H,3,10H2,1-2H3;3-7H,1-2H3;2*1H2. The average Bonchev–Trinajstić information content (AvgIpc) is 2.63. The van der Waals surface area contributed by atoms with Crippen LogP contribution in [0.2, 0.25) is 0 Å². The van der Waals surface area contributed by atoms with Crippen LogP contribution in [0.25, 0.3) is 0 Å². The van der Waals surface area contributed by atoms with Crippen molar-refractivity contribution in [1.82, 2.24) is 0 Å². The largest absolute Gasteiger partial charge is 0.397 e. The molecule has 0 bridgehead atoms. The molecule has 2 aromatic rings. The summed E-state index contributed by atoms with van der Waals surface area (Å²) in [7, 11) is 4.07. The van der Waals surface area contributed by atoms with Gasteiger partial charge in [0.1, 0.15) is 13.6 Å². The lowest BCUT2D eigenvalue weighted by atomic mass is 10.2. The molecular weight excluding hydrogens is 302 g/mol. The molecule has 2 rings (SSSR count). The summed E-state index contributed by atoms with van der Waals surface area (Å²) in [5.74, 6) is 0. The van der Waals surface area contributed by atoms with E-state index in [1.807, 2.05) is 58.0 Å².